The van der Waals surface area contributed by atoms with Gasteiger partial charge in [-0.25, -0.2) is 4.98 Å². The van der Waals surface area contributed by atoms with Crippen LogP contribution in [-0.2, 0) is 24.3 Å². The lowest BCUT2D eigenvalue weighted by molar-refractivity contribution is -0.119. The second-order valence-electron chi connectivity index (χ2n) is 10.3. The largest absolute Gasteiger partial charge is 0.496 e. The van der Waals surface area contributed by atoms with Crippen LogP contribution in [0.5, 0.6) is 5.75 Å². The Labute approximate surface area is 248 Å². The van der Waals surface area contributed by atoms with E-state index in [1.165, 1.54) is 6.33 Å². The van der Waals surface area contributed by atoms with Crippen molar-refractivity contribution in [1.29, 1.82) is 0 Å². The summed E-state index contributed by atoms with van der Waals surface area (Å²) in [7, 11) is 1.59. The number of aromatic amines is 1. The number of benzene rings is 3. The van der Waals surface area contributed by atoms with Gasteiger partial charge in [-0.1, -0.05) is 48.5 Å². The van der Waals surface area contributed by atoms with Gasteiger partial charge in [0.05, 0.1) is 32.2 Å². The van der Waals surface area contributed by atoms with Gasteiger partial charge < -0.3 is 30.2 Å². The van der Waals surface area contributed by atoms with Crippen LogP contribution in [0.25, 0.3) is 11.1 Å². The van der Waals surface area contributed by atoms with Crippen molar-refractivity contribution < 1.29 is 19.1 Å². The van der Waals surface area contributed by atoms with E-state index >= 15 is 0 Å². The first kappa shape index (κ1) is 27.5. The van der Waals surface area contributed by atoms with Crippen molar-refractivity contribution in [3.8, 4) is 16.9 Å². The Morgan fingerprint density at radius 2 is 1.79 bits per heavy atom. The first-order valence-corrected chi connectivity index (χ1v) is 13.8. The SMILES string of the molecule is COc1cc(C(=O)N2Cc3ccc(C(=O)N[C@@H](Cc4c[nH]cn4)C(N)=O)n3Cc3ccccc32)ccc1-c1ccccc1. The van der Waals surface area contributed by atoms with Gasteiger partial charge in [-0.05, 0) is 47.5 Å². The molecular weight excluding hydrogens is 544 g/mol. The minimum absolute atomic E-state index is 0.162. The van der Waals surface area contributed by atoms with Crippen molar-refractivity contribution in [2.75, 3.05) is 12.0 Å². The number of nitrogens with zero attached hydrogens (tertiary/aromatic N) is 3. The maximum Gasteiger partial charge on any atom is 0.268 e. The number of imidazole rings is 1. The molecule has 1 atom stereocenters. The molecule has 3 heterocycles. The molecule has 4 N–H and O–H groups in total. The second-order valence-corrected chi connectivity index (χ2v) is 10.3. The van der Waals surface area contributed by atoms with E-state index in [0.717, 1.165) is 28.1 Å². The van der Waals surface area contributed by atoms with E-state index in [1.807, 2.05) is 77.4 Å². The summed E-state index contributed by atoms with van der Waals surface area (Å²) in [6.45, 7) is 0.598. The topological polar surface area (TPSA) is 135 Å². The summed E-state index contributed by atoms with van der Waals surface area (Å²) in [5.41, 5.74) is 11.3. The fraction of sp³-hybridized carbons (Fsp3) is 0.152. The fourth-order valence-corrected chi connectivity index (χ4v) is 5.44. The van der Waals surface area contributed by atoms with Gasteiger partial charge in [0.15, 0.2) is 0 Å². The Kier molecular flexibility index (Phi) is 7.48. The number of nitrogens with one attached hydrogen (secondary N) is 2. The van der Waals surface area contributed by atoms with E-state index < -0.39 is 17.9 Å². The third-order valence-electron chi connectivity index (χ3n) is 7.63. The molecule has 0 saturated carbocycles. The van der Waals surface area contributed by atoms with Gasteiger partial charge in [0.25, 0.3) is 11.8 Å². The number of ether oxygens (including phenoxy) is 1. The number of carbonyl (C=O) groups is 3. The zero-order chi connectivity index (χ0) is 29.9. The van der Waals surface area contributed by atoms with E-state index in [9.17, 15) is 14.4 Å². The third kappa shape index (κ3) is 5.50. The van der Waals surface area contributed by atoms with Gasteiger partial charge in [0.2, 0.25) is 5.91 Å². The summed E-state index contributed by atoms with van der Waals surface area (Å²) in [6.07, 6.45) is 3.31. The van der Waals surface area contributed by atoms with Crippen molar-refractivity contribution in [3.63, 3.8) is 0 Å². The fourth-order valence-electron chi connectivity index (χ4n) is 5.44. The molecule has 10 heteroatoms. The second kappa shape index (κ2) is 11.7. The molecule has 43 heavy (non-hydrogen) atoms. The Morgan fingerprint density at radius 3 is 2.53 bits per heavy atom. The number of nitrogens with two attached hydrogens (primary N) is 1. The van der Waals surface area contributed by atoms with Crippen LogP contribution < -0.4 is 20.7 Å². The molecule has 0 spiro atoms. The number of amides is 3. The van der Waals surface area contributed by atoms with Gasteiger partial charge in [0.1, 0.15) is 17.5 Å². The Hall–Kier alpha value is -5.64. The molecule has 0 radical (unpaired) electrons. The number of carbonyl (C=O) groups excluding carboxylic acids is 3. The Bertz CT molecular complexity index is 1800. The number of fused-ring (bicyclic) bond motifs is 2. The molecule has 216 valence electrons. The van der Waals surface area contributed by atoms with Gasteiger partial charge in [-0.15, -0.1) is 0 Å². The first-order chi connectivity index (χ1) is 20.9. The zero-order valence-electron chi connectivity index (χ0n) is 23.5. The number of aromatic nitrogens is 3. The zero-order valence-corrected chi connectivity index (χ0v) is 23.5. The lowest BCUT2D eigenvalue weighted by atomic mass is 10.0. The predicted molar refractivity (Wildman–Crippen MR) is 162 cm³/mol. The van der Waals surface area contributed by atoms with Gasteiger partial charge >= 0.3 is 0 Å². The number of rotatable bonds is 8. The monoisotopic (exact) mass is 574 g/mol. The maximum absolute atomic E-state index is 14.1. The summed E-state index contributed by atoms with van der Waals surface area (Å²) in [5.74, 6) is -0.695. The van der Waals surface area contributed by atoms with Crippen LogP contribution in [0.2, 0.25) is 0 Å². The number of anilines is 1. The summed E-state index contributed by atoms with van der Waals surface area (Å²) < 4.78 is 7.55. The van der Waals surface area contributed by atoms with Crippen LogP contribution in [0, 0.1) is 0 Å². The number of hydrogen-bond donors (Lipinski definition) is 3. The molecule has 6 rings (SSSR count). The minimum Gasteiger partial charge on any atom is -0.496 e. The number of methoxy groups -OCH3 is 1. The van der Waals surface area contributed by atoms with Crippen molar-refractivity contribution in [2.45, 2.75) is 25.6 Å². The molecule has 3 aromatic carbocycles. The highest BCUT2D eigenvalue weighted by atomic mass is 16.5. The predicted octanol–water partition coefficient (Wildman–Crippen LogP) is 3.92. The first-order valence-electron chi connectivity index (χ1n) is 13.8. The van der Waals surface area contributed by atoms with Crippen molar-refractivity contribution in [1.82, 2.24) is 19.9 Å². The van der Waals surface area contributed by atoms with Gasteiger partial charge in [0, 0.05) is 35.1 Å². The molecule has 2 aromatic heterocycles. The molecule has 1 aliphatic heterocycles. The number of hydrogen-bond acceptors (Lipinski definition) is 5. The average molecular weight is 575 g/mol. The Balaban J connectivity index is 1.31. The number of primary amides is 1. The van der Waals surface area contributed by atoms with Crippen molar-refractivity contribution in [3.05, 3.63) is 126 Å². The molecule has 0 fully saturated rings. The standard InChI is InChI=1S/C33H30N6O4/c1-43-30-15-22(11-13-26(30)21-7-3-2-4-8-21)33(42)39-19-25-12-14-29(38(25)18-23-9-5-6-10-28(23)39)32(41)37-27(31(34)40)16-24-17-35-20-36-24/h2-15,17,20,27H,16,18-19H2,1H3,(H2,34,40)(H,35,36)(H,37,41)/t27-/m0/s1. The van der Waals surface area contributed by atoms with Gasteiger partial charge in [-0.2, -0.15) is 0 Å². The highest BCUT2D eigenvalue weighted by Crippen LogP contribution is 2.34. The van der Waals surface area contributed by atoms with E-state index in [-0.39, 0.29) is 18.9 Å². The van der Waals surface area contributed by atoms with Crippen LogP contribution in [0.1, 0.15) is 37.8 Å². The molecule has 0 bridgehead atoms. The van der Waals surface area contributed by atoms with E-state index in [4.69, 9.17) is 10.5 Å². The smallest absolute Gasteiger partial charge is 0.268 e. The molecule has 0 aliphatic carbocycles. The lowest BCUT2D eigenvalue weighted by Crippen LogP contribution is -2.46. The lowest BCUT2D eigenvalue weighted by Gasteiger charge is -2.23. The quantitative estimate of drug-likeness (QED) is 0.258. The molecule has 0 saturated heterocycles. The minimum atomic E-state index is -0.938. The number of H-pyrrole nitrogens is 1. The van der Waals surface area contributed by atoms with E-state index in [2.05, 4.69) is 15.3 Å². The number of para-hydroxylation sites is 1. The van der Waals surface area contributed by atoms with Crippen molar-refractivity contribution >= 4 is 23.4 Å². The molecular formula is C33H30N6O4. The third-order valence-corrected chi connectivity index (χ3v) is 7.63. The molecule has 1 aliphatic rings. The van der Waals surface area contributed by atoms with Gasteiger partial charge in [-0.3, -0.25) is 14.4 Å². The normalized spacial score (nSPS) is 12.9. The van der Waals surface area contributed by atoms with Crippen LogP contribution in [0.3, 0.4) is 0 Å². The van der Waals surface area contributed by atoms with Crippen molar-refractivity contribution in [2.24, 2.45) is 5.73 Å². The van der Waals surface area contributed by atoms with E-state index in [1.54, 1.807) is 30.3 Å². The highest BCUT2D eigenvalue weighted by molar-refractivity contribution is 6.07. The molecule has 0 unspecified atom stereocenters. The summed E-state index contributed by atoms with van der Waals surface area (Å²) in [6, 6.07) is 25.5. The van der Waals surface area contributed by atoms with Crippen LogP contribution in [0.4, 0.5) is 5.69 Å². The molecule has 3 amide bonds. The van der Waals surface area contributed by atoms with Crippen LogP contribution in [-0.4, -0.2) is 45.4 Å². The van der Waals surface area contributed by atoms with Crippen LogP contribution >= 0.6 is 0 Å². The summed E-state index contributed by atoms with van der Waals surface area (Å²) in [4.78, 5) is 48.3. The summed E-state index contributed by atoms with van der Waals surface area (Å²) in [5, 5.41) is 2.76. The van der Waals surface area contributed by atoms with Crippen LogP contribution in [0.15, 0.2) is 97.5 Å². The summed E-state index contributed by atoms with van der Waals surface area (Å²) >= 11 is 0. The molecule has 10 nitrogen and oxygen atoms in total. The molecule has 5 aromatic rings. The Morgan fingerprint density at radius 1 is 1.00 bits per heavy atom. The average Bonchev–Trinajstić information content (AvgIpc) is 3.66. The van der Waals surface area contributed by atoms with E-state index in [0.29, 0.717) is 29.2 Å². The maximum atomic E-state index is 14.1. The highest BCUT2D eigenvalue weighted by Gasteiger charge is 2.29.